The van der Waals surface area contributed by atoms with Gasteiger partial charge in [-0.15, -0.1) is 0 Å². The fourth-order valence-corrected chi connectivity index (χ4v) is 9.39. The predicted molar refractivity (Wildman–Crippen MR) is 263 cm³/mol. The Morgan fingerprint density at radius 1 is 0.819 bits per heavy atom. The highest BCUT2D eigenvalue weighted by Crippen LogP contribution is 2.35. The van der Waals surface area contributed by atoms with Crippen LogP contribution in [0.4, 0.5) is 0 Å². The van der Waals surface area contributed by atoms with Gasteiger partial charge in [0.25, 0.3) is 0 Å². The first-order chi connectivity index (χ1) is 34.0. The first-order valence-electron chi connectivity index (χ1n) is 24.4. The van der Waals surface area contributed by atoms with Crippen molar-refractivity contribution in [3.8, 4) is 5.82 Å². The number of benzene rings is 1. The molecule has 24 heteroatoms. The summed E-state index contributed by atoms with van der Waals surface area (Å²) in [5, 5.41) is 32.7. The van der Waals surface area contributed by atoms with Crippen LogP contribution in [0.2, 0.25) is 0 Å². The smallest absolute Gasteiger partial charge is 0.326 e. The van der Waals surface area contributed by atoms with Gasteiger partial charge in [0.15, 0.2) is 5.96 Å². The van der Waals surface area contributed by atoms with Crippen molar-refractivity contribution in [2.24, 2.45) is 34.2 Å². The summed E-state index contributed by atoms with van der Waals surface area (Å²) in [5.41, 5.74) is 12.9. The van der Waals surface area contributed by atoms with Crippen molar-refractivity contribution in [3.63, 3.8) is 0 Å². The molecule has 3 aromatic rings. The zero-order chi connectivity index (χ0) is 52.7. The summed E-state index contributed by atoms with van der Waals surface area (Å²) in [6, 6.07) is -4.81. The normalized spacial score (nSPS) is 25.8. The lowest BCUT2D eigenvalue weighted by Crippen LogP contribution is -2.61. The SMILES string of the molecule is CC(C)CC1NC(=O)C(NC(=O)C2CCC(=O)N2)C(C(C)C)c2ccc3c4c([nH]c3c2)-n2cnc(c2)CC(C(=O)O)NC(=O)C(C)NC(=O)C(CCCN=C(N)N)NC(=O)C(C4)NC(=O)C(C(C)C)NC1=O. The number of aliphatic imine (C=N–C) groups is 1. The zero-order valence-corrected chi connectivity index (χ0v) is 41.6. The van der Waals surface area contributed by atoms with Crippen LogP contribution in [0.1, 0.15) is 103 Å². The molecule has 8 amide bonds. The minimum atomic E-state index is -1.47. The van der Waals surface area contributed by atoms with Gasteiger partial charge in [-0.05, 0) is 62.0 Å². The third kappa shape index (κ3) is 13.1. The number of amides is 8. The lowest BCUT2D eigenvalue weighted by Gasteiger charge is -2.33. The monoisotopic (exact) mass is 1000 g/mol. The number of nitrogens with one attached hydrogen (secondary N) is 9. The first-order valence-corrected chi connectivity index (χ1v) is 24.4. The highest BCUT2D eigenvalue weighted by molar-refractivity contribution is 5.99. The molecular weight excluding hydrogens is 933 g/mol. The average molecular weight is 1000 g/mol. The molecule has 1 aromatic carbocycles. The maximum absolute atomic E-state index is 14.9. The number of aromatic nitrogens is 3. The van der Waals surface area contributed by atoms with Crippen LogP contribution in [0.15, 0.2) is 35.7 Å². The molecule has 0 radical (unpaired) electrons. The molecule has 72 heavy (non-hydrogen) atoms. The number of carbonyl (C=O) groups excluding carboxylic acids is 8. The highest BCUT2D eigenvalue weighted by Gasteiger charge is 2.40. The van der Waals surface area contributed by atoms with Crippen LogP contribution in [0.3, 0.4) is 0 Å². The summed E-state index contributed by atoms with van der Waals surface area (Å²) in [6.07, 6.45) is 3.11. The van der Waals surface area contributed by atoms with E-state index in [2.05, 4.69) is 57.5 Å². The van der Waals surface area contributed by atoms with Gasteiger partial charge in [-0.25, -0.2) is 9.78 Å². The Morgan fingerprint density at radius 2 is 1.53 bits per heavy atom. The topological polar surface area (TPSA) is 368 Å². The zero-order valence-electron chi connectivity index (χ0n) is 41.6. The van der Waals surface area contributed by atoms with Crippen molar-refractivity contribution in [1.82, 2.24) is 57.1 Å². The molecule has 7 bridgehead atoms. The summed E-state index contributed by atoms with van der Waals surface area (Å²) >= 11 is 0. The van der Waals surface area contributed by atoms with E-state index in [1.807, 2.05) is 27.7 Å². The molecule has 9 atom stereocenters. The number of H-pyrrole nitrogens is 1. The van der Waals surface area contributed by atoms with Crippen LogP contribution in [-0.4, -0.2) is 134 Å². The fourth-order valence-electron chi connectivity index (χ4n) is 9.39. The second-order valence-electron chi connectivity index (χ2n) is 20.0. The van der Waals surface area contributed by atoms with Gasteiger partial charge < -0.3 is 64.1 Å². The van der Waals surface area contributed by atoms with E-state index in [-0.39, 0.29) is 80.9 Å². The van der Waals surface area contributed by atoms with E-state index in [0.717, 1.165) is 0 Å². The Bertz CT molecular complexity index is 2600. The number of rotatable bonds is 11. The van der Waals surface area contributed by atoms with Crippen molar-refractivity contribution in [1.29, 1.82) is 0 Å². The molecule has 1 saturated heterocycles. The van der Waals surface area contributed by atoms with Gasteiger partial charge in [0, 0.05) is 54.4 Å². The summed E-state index contributed by atoms with van der Waals surface area (Å²) in [4.78, 5) is 137. The number of hydrogen-bond acceptors (Lipinski definition) is 11. The van der Waals surface area contributed by atoms with E-state index in [9.17, 15) is 48.3 Å². The molecule has 1 fully saturated rings. The van der Waals surface area contributed by atoms with Crippen molar-refractivity contribution in [2.45, 2.75) is 148 Å². The minimum absolute atomic E-state index is 0.0405. The number of carboxylic acid groups (broad SMARTS) is 1. The summed E-state index contributed by atoms with van der Waals surface area (Å²) in [7, 11) is 0. The summed E-state index contributed by atoms with van der Waals surface area (Å²) < 4.78 is 1.58. The van der Waals surface area contributed by atoms with Gasteiger partial charge in [-0.2, -0.15) is 0 Å². The first kappa shape index (κ1) is 53.8. The molecule has 2 aromatic heterocycles. The third-order valence-electron chi connectivity index (χ3n) is 13.1. The number of nitrogens with two attached hydrogens (primary N) is 2. The van der Waals surface area contributed by atoms with E-state index in [1.165, 1.54) is 13.3 Å². The molecule has 4 aliphatic heterocycles. The molecule has 4 aliphatic rings. The number of carboxylic acids is 1. The van der Waals surface area contributed by atoms with Crippen LogP contribution < -0.4 is 54.0 Å². The second-order valence-corrected chi connectivity index (χ2v) is 20.0. The standard InChI is InChI=1S/C48H68N14O10/c1-21(2)15-32-44(68)60-37(23(5)6)45(69)58-33-18-28-27-11-10-25(36(22(3)4)38(46(70)57-32)61-42(66)30-12-13-35(63)54-30)16-31(27)55-39(28)62-19-26(52-20-62)17-34(47(71)72)59-40(64)24(7)53-41(65)29(56-43(33)67)9-8-14-51-48(49)50/h10-11,16,19-24,29-30,32-34,36-38,55H,8-9,12-15,17-18H2,1-7H3,(H,53,65)(H,54,63)(H,56,67)(H,57,70)(H,58,69)(H,59,64)(H,60,68)(H,61,66)(H,71,72)(H4,49,50,51). The third-order valence-corrected chi connectivity index (χ3v) is 13.1. The van der Waals surface area contributed by atoms with Crippen LogP contribution in [0.25, 0.3) is 16.7 Å². The lowest BCUT2D eigenvalue weighted by molar-refractivity contribution is -0.142. The maximum atomic E-state index is 14.9. The van der Waals surface area contributed by atoms with E-state index in [0.29, 0.717) is 27.8 Å². The molecule has 0 aliphatic carbocycles. The molecule has 7 rings (SSSR count). The summed E-state index contributed by atoms with van der Waals surface area (Å²) in [5.74, 6) is -8.45. The molecule has 24 nitrogen and oxygen atoms in total. The van der Waals surface area contributed by atoms with E-state index < -0.39 is 107 Å². The average Bonchev–Trinajstić information content (AvgIpc) is 4.05. The Morgan fingerprint density at radius 3 is 2.17 bits per heavy atom. The van der Waals surface area contributed by atoms with Crippen molar-refractivity contribution in [3.05, 3.63) is 47.5 Å². The number of guanidine groups is 1. The van der Waals surface area contributed by atoms with Crippen molar-refractivity contribution >= 4 is 70.1 Å². The van der Waals surface area contributed by atoms with Crippen molar-refractivity contribution < 1.29 is 48.3 Å². The number of nitrogens with zero attached hydrogens (tertiary/aromatic N) is 3. The Kier molecular flexibility index (Phi) is 17.3. The Hall–Kier alpha value is -7.53. The molecule has 390 valence electrons. The van der Waals surface area contributed by atoms with Gasteiger partial charge in [0.05, 0.1) is 5.69 Å². The van der Waals surface area contributed by atoms with E-state index in [1.54, 1.807) is 42.8 Å². The number of hydrogen-bond donors (Lipinski definition) is 12. The van der Waals surface area contributed by atoms with Crippen LogP contribution in [0.5, 0.6) is 0 Å². The predicted octanol–water partition coefficient (Wildman–Crippen LogP) is -1.26. The quantitative estimate of drug-likeness (QED) is 0.0463. The molecule has 6 heterocycles. The second kappa shape index (κ2) is 23.1. The fraction of sp³-hybridized carbons (Fsp3) is 0.562. The number of aromatic amines is 1. The van der Waals surface area contributed by atoms with Crippen molar-refractivity contribution in [2.75, 3.05) is 6.54 Å². The molecule has 0 saturated carbocycles. The van der Waals surface area contributed by atoms with Crippen LogP contribution in [0, 0.1) is 17.8 Å². The van der Waals surface area contributed by atoms with Gasteiger partial charge in [0.2, 0.25) is 47.3 Å². The number of carbonyl (C=O) groups is 9. The summed E-state index contributed by atoms with van der Waals surface area (Å²) in [6.45, 7) is 12.3. The van der Waals surface area contributed by atoms with Gasteiger partial charge >= 0.3 is 5.97 Å². The lowest BCUT2D eigenvalue weighted by atomic mass is 9.81. The van der Waals surface area contributed by atoms with E-state index >= 15 is 0 Å². The Balaban J connectivity index is 1.57. The molecule has 14 N–H and O–H groups in total. The molecule has 0 spiro atoms. The largest absolute Gasteiger partial charge is 0.480 e. The van der Waals surface area contributed by atoms with Gasteiger partial charge in [-0.1, -0.05) is 53.7 Å². The van der Waals surface area contributed by atoms with Crippen LogP contribution >= 0.6 is 0 Å². The Labute approximate surface area is 416 Å². The minimum Gasteiger partial charge on any atom is -0.480 e. The van der Waals surface area contributed by atoms with Crippen LogP contribution in [-0.2, 0) is 56.0 Å². The van der Waals surface area contributed by atoms with Gasteiger partial charge in [0.1, 0.15) is 60.5 Å². The highest BCUT2D eigenvalue weighted by atomic mass is 16.4. The maximum Gasteiger partial charge on any atom is 0.326 e. The van der Waals surface area contributed by atoms with E-state index in [4.69, 9.17) is 11.5 Å². The molecular formula is C48H68N14O10. The number of imidazole rings is 1. The number of aliphatic carboxylic acids is 1. The molecule has 9 unspecified atom stereocenters. The van der Waals surface area contributed by atoms with Gasteiger partial charge in [-0.3, -0.25) is 47.9 Å². The number of fused-ring (bicyclic) bond motifs is 13.